The fraction of sp³-hybridized carbons (Fsp3) is 0.800. The topological polar surface area (TPSA) is 23.5 Å². The Labute approximate surface area is 74.9 Å². The van der Waals surface area contributed by atoms with E-state index < -0.39 is 0 Å². The molecule has 1 atom stereocenters. The van der Waals surface area contributed by atoms with Crippen LogP contribution in [0.25, 0.3) is 0 Å². The maximum absolute atomic E-state index is 9.67. The Morgan fingerprint density at radius 3 is 2.58 bits per heavy atom. The summed E-state index contributed by atoms with van der Waals surface area (Å²) in [6.45, 7) is 12.8. The number of hydrogen-bond donors (Lipinski definition) is 1. The Bertz CT molecular complexity index is 186. The molecular weight excluding hydrogens is 150 g/mol. The van der Waals surface area contributed by atoms with E-state index in [1.54, 1.807) is 0 Å². The van der Waals surface area contributed by atoms with Crippen molar-refractivity contribution in [1.29, 1.82) is 0 Å². The highest BCUT2D eigenvalue weighted by Crippen LogP contribution is 2.29. The zero-order chi connectivity index (χ0) is 9.35. The van der Waals surface area contributed by atoms with Gasteiger partial charge in [-0.3, -0.25) is 4.90 Å². The molecule has 0 aromatic heterocycles. The lowest BCUT2D eigenvalue weighted by atomic mass is 9.90. The molecule has 1 heterocycles. The van der Waals surface area contributed by atoms with Crippen LogP contribution in [0.4, 0.5) is 0 Å². The van der Waals surface area contributed by atoms with Crippen molar-refractivity contribution in [3.8, 4) is 0 Å². The third-order valence-electron chi connectivity index (χ3n) is 2.46. The van der Waals surface area contributed by atoms with Crippen LogP contribution in [-0.4, -0.2) is 35.7 Å². The van der Waals surface area contributed by atoms with E-state index in [9.17, 15) is 5.11 Å². The van der Waals surface area contributed by atoms with Gasteiger partial charge in [0, 0.05) is 25.0 Å². The molecule has 1 fully saturated rings. The van der Waals surface area contributed by atoms with Crippen LogP contribution < -0.4 is 0 Å². The van der Waals surface area contributed by atoms with Gasteiger partial charge in [-0.25, -0.2) is 0 Å². The molecule has 1 unspecified atom stereocenters. The van der Waals surface area contributed by atoms with Crippen LogP contribution in [0.1, 0.15) is 20.8 Å². The van der Waals surface area contributed by atoms with Gasteiger partial charge in [0.2, 0.25) is 0 Å². The molecule has 1 aliphatic heterocycles. The summed E-state index contributed by atoms with van der Waals surface area (Å²) in [7, 11) is 0. The average Bonchev–Trinajstić information content (AvgIpc) is 2.04. The fourth-order valence-electron chi connectivity index (χ4n) is 1.74. The number of β-amino-alcohol motifs (C(OH)–C–C–N with tert-alkyl or cyclic N) is 1. The van der Waals surface area contributed by atoms with E-state index in [-0.39, 0.29) is 11.5 Å². The zero-order valence-corrected chi connectivity index (χ0v) is 8.30. The number of rotatable bonds is 2. The quantitative estimate of drug-likeness (QED) is 0.629. The summed E-state index contributed by atoms with van der Waals surface area (Å²) in [4.78, 5) is 2.26. The number of hydrogen-bond acceptors (Lipinski definition) is 2. The maximum atomic E-state index is 9.67. The minimum atomic E-state index is -0.183. The molecule has 0 spiro atoms. The number of nitrogens with zero attached hydrogens (tertiary/aromatic N) is 1. The second-order valence-corrected chi connectivity index (χ2v) is 4.63. The van der Waals surface area contributed by atoms with Gasteiger partial charge < -0.3 is 5.11 Å². The highest BCUT2D eigenvalue weighted by molar-refractivity contribution is 4.98. The minimum Gasteiger partial charge on any atom is -0.391 e. The molecule has 1 N–H and O–H groups in total. The summed E-state index contributed by atoms with van der Waals surface area (Å²) in [6.07, 6.45) is -0.183. The molecule has 70 valence electrons. The lowest BCUT2D eigenvalue weighted by Crippen LogP contribution is -2.26. The van der Waals surface area contributed by atoms with Gasteiger partial charge in [-0.2, -0.15) is 0 Å². The summed E-state index contributed by atoms with van der Waals surface area (Å²) >= 11 is 0. The minimum absolute atomic E-state index is 0.0510. The number of aliphatic hydroxyl groups is 1. The fourth-order valence-corrected chi connectivity index (χ4v) is 1.74. The molecule has 1 aliphatic rings. The predicted molar refractivity (Wildman–Crippen MR) is 51.0 cm³/mol. The van der Waals surface area contributed by atoms with Crippen LogP contribution in [0.5, 0.6) is 0 Å². The van der Waals surface area contributed by atoms with Crippen molar-refractivity contribution in [3.05, 3.63) is 12.2 Å². The molecular formula is C10H19NO. The van der Waals surface area contributed by atoms with Crippen LogP contribution in [0.15, 0.2) is 12.2 Å². The summed E-state index contributed by atoms with van der Waals surface area (Å²) in [5.74, 6) is 0. The third-order valence-corrected chi connectivity index (χ3v) is 2.46. The Morgan fingerprint density at radius 2 is 2.25 bits per heavy atom. The van der Waals surface area contributed by atoms with Crippen LogP contribution in [0.3, 0.4) is 0 Å². The second kappa shape index (κ2) is 3.19. The van der Waals surface area contributed by atoms with Gasteiger partial charge in [0.05, 0.1) is 6.10 Å². The lowest BCUT2D eigenvalue weighted by molar-refractivity contribution is 0.0956. The van der Waals surface area contributed by atoms with E-state index in [2.05, 4.69) is 25.3 Å². The molecule has 0 aliphatic carbocycles. The van der Waals surface area contributed by atoms with Crippen molar-refractivity contribution in [2.75, 3.05) is 19.6 Å². The first-order chi connectivity index (χ1) is 5.42. The van der Waals surface area contributed by atoms with Gasteiger partial charge in [0.1, 0.15) is 0 Å². The molecule has 0 radical (unpaired) electrons. The van der Waals surface area contributed by atoms with Crippen molar-refractivity contribution >= 4 is 0 Å². The smallest absolute Gasteiger partial charge is 0.0730 e. The second-order valence-electron chi connectivity index (χ2n) is 4.63. The Balaban J connectivity index is 2.49. The normalized spacial score (nSPS) is 29.2. The predicted octanol–water partition coefficient (Wildman–Crippen LogP) is 1.27. The highest BCUT2D eigenvalue weighted by Gasteiger charge is 2.37. The molecule has 2 nitrogen and oxygen atoms in total. The Kier molecular flexibility index (Phi) is 2.59. The van der Waals surface area contributed by atoms with Gasteiger partial charge in [0.15, 0.2) is 0 Å². The number of aliphatic hydroxyl groups excluding tert-OH is 1. The van der Waals surface area contributed by atoms with E-state index in [1.807, 2.05) is 6.92 Å². The van der Waals surface area contributed by atoms with Crippen LogP contribution in [-0.2, 0) is 0 Å². The lowest BCUT2D eigenvalue weighted by Gasteiger charge is -2.21. The maximum Gasteiger partial charge on any atom is 0.0730 e. The highest BCUT2D eigenvalue weighted by atomic mass is 16.3. The largest absolute Gasteiger partial charge is 0.391 e. The van der Waals surface area contributed by atoms with E-state index in [4.69, 9.17) is 0 Å². The summed E-state index contributed by atoms with van der Waals surface area (Å²) in [6, 6.07) is 0. The molecule has 0 amide bonds. The third kappa shape index (κ3) is 2.08. The SMILES string of the molecule is C=C(C)CN1CC(O)C(C)(C)C1. The molecule has 0 bridgehead atoms. The molecule has 12 heavy (non-hydrogen) atoms. The molecule has 0 aromatic rings. The van der Waals surface area contributed by atoms with Gasteiger partial charge in [-0.15, -0.1) is 0 Å². The number of likely N-dealkylation sites (tertiary alicyclic amines) is 1. The first-order valence-electron chi connectivity index (χ1n) is 4.46. The van der Waals surface area contributed by atoms with Crippen LogP contribution in [0, 0.1) is 5.41 Å². The first-order valence-corrected chi connectivity index (χ1v) is 4.46. The summed E-state index contributed by atoms with van der Waals surface area (Å²) in [5, 5.41) is 9.67. The monoisotopic (exact) mass is 169 g/mol. The molecule has 0 saturated carbocycles. The van der Waals surface area contributed by atoms with Gasteiger partial charge >= 0.3 is 0 Å². The van der Waals surface area contributed by atoms with Gasteiger partial charge in [-0.1, -0.05) is 26.0 Å². The van der Waals surface area contributed by atoms with Crippen LogP contribution in [0.2, 0.25) is 0 Å². The van der Waals surface area contributed by atoms with Crippen molar-refractivity contribution in [2.45, 2.75) is 26.9 Å². The van der Waals surface area contributed by atoms with E-state index >= 15 is 0 Å². The van der Waals surface area contributed by atoms with Gasteiger partial charge in [0.25, 0.3) is 0 Å². The van der Waals surface area contributed by atoms with Crippen LogP contribution >= 0.6 is 0 Å². The van der Waals surface area contributed by atoms with Crippen molar-refractivity contribution in [3.63, 3.8) is 0 Å². The van der Waals surface area contributed by atoms with Gasteiger partial charge in [-0.05, 0) is 6.92 Å². The summed E-state index contributed by atoms with van der Waals surface area (Å²) < 4.78 is 0. The zero-order valence-electron chi connectivity index (χ0n) is 8.30. The first kappa shape index (κ1) is 9.75. The van der Waals surface area contributed by atoms with E-state index in [0.29, 0.717) is 0 Å². The Morgan fingerprint density at radius 1 is 1.67 bits per heavy atom. The van der Waals surface area contributed by atoms with Crippen molar-refractivity contribution < 1.29 is 5.11 Å². The molecule has 1 saturated heterocycles. The Hall–Kier alpha value is -0.340. The van der Waals surface area contributed by atoms with E-state index in [1.165, 1.54) is 5.57 Å². The van der Waals surface area contributed by atoms with Crippen molar-refractivity contribution in [2.24, 2.45) is 5.41 Å². The molecule has 2 heteroatoms. The molecule has 1 rings (SSSR count). The molecule has 0 aromatic carbocycles. The van der Waals surface area contributed by atoms with E-state index in [0.717, 1.165) is 19.6 Å². The summed E-state index contributed by atoms with van der Waals surface area (Å²) in [5.41, 5.74) is 1.22. The van der Waals surface area contributed by atoms with Crippen molar-refractivity contribution in [1.82, 2.24) is 4.90 Å². The average molecular weight is 169 g/mol. The standard InChI is InChI=1S/C10H19NO/c1-8(2)5-11-6-9(12)10(3,4)7-11/h9,12H,1,5-7H2,2-4H3.